The normalized spacial score (nSPS) is 11.1. The first kappa shape index (κ1) is 22.4. The Morgan fingerprint density at radius 2 is 1.87 bits per heavy atom. The second kappa shape index (κ2) is 9.25. The van der Waals surface area contributed by atoms with Gasteiger partial charge >= 0.3 is 5.63 Å². The summed E-state index contributed by atoms with van der Waals surface area (Å²) in [5.41, 5.74) is 5.18. The summed E-state index contributed by atoms with van der Waals surface area (Å²) in [6.07, 6.45) is 0. The molecular weight excluding hydrogens is 392 g/mol. The van der Waals surface area contributed by atoms with Gasteiger partial charge in [0.15, 0.2) is 6.61 Å². The molecule has 6 nitrogen and oxygen atoms in total. The van der Waals surface area contributed by atoms with E-state index >= 15 is 0 Å². The fourth-order valence-corrected chi connectivity index (χ4v) is 3.51. The first-order valence-corrected chi connectivity index (χ1v) is 10.4. The summed E-state index contributed by atoms with van der Waals surface area (Å²) in [5.74, 6) is 0.848. The number of carbonyl (C=O) groups excluding carboxylic acids is 1. The Hall–Kier alpha value is -3.28. The van der Waals surface area contributed by atoms with E-state index < -0.39 is 0 Å². The fraction of sp³-hybridized carbons (Fsp3) is 0.360. The maximum Gasteiger partial charge on any atom is 0.336 e. The zero-order chi connectivity index (χ0) is 22.7. The summed E-state index contributed by atoms with van der Waals surface area (Å²) >= 11 is 0. The third-order valence-electron chi connectivity index (χ3n) is 5.30. The Labute approximate surface area is 182 Å². The van der Waals surface area contributed by atoms with Crippen molar-refractivity contribution >= 4 is 22.6 Å². The van der Waals surface area contributed by atoms with Crippen molar-refractivity contribution in [3.05, 3.63) is 69.1 Å². The minimum absolute atomic E-state index is 0.0417. The van der Waals surface area contributed by atoms with Crippen molar-refractivity contribution in [3.8, 4) is 5.75 Å². The smallest absolute Gasteiger partial charge is 0.336 e. The molecule has 0 spiro atoms. The van der Waals surface area contributed by atoms with Gasteiger partial charge in [-0.15, -0.1) is 0 Å². The lowest BCUT2D eigenvalue weighted by Crippen LogP contribution is -2.27. The number of ether oxygens (including phenoxy) is 1. The lowest BCUT2D eigenvalue weighted by molar-refractivity contribution is -0.130. The number of fused-ring (bicyclic) bond motifs is 1. The van der Waals surface area contributed by atoms with Gasteiger partial charge in [0.1, 0.15) is 11.3 Å². The average molecular weight is 423 g/mol. The van der Waals surface area contributed by atoms with Gasteiger partial charge in [0.2, 0.25) is 0 Å². The molecule has 2 aromatic carbocycles. The molecular formula is C25H30N2O4. The molecule has 1 N–H and O–H groups in total. The van der Waals surface area contributed by atoms with Gasteiger partial charge in [-0.3, -0.25) is 4.79 Å². The molecule has 0 saturated heterocycles. The molecule has 0 saturated carbocycles. The molecule has 164 valence electrons. The van der Waals surface area contributed by atoms with E-state index in [0.29, 0.717) is 23.8 Å². The van der Waals surface area contributed by atoms with E-state index in [2.05, 4.69) is 25.2 Å². The molecule has 0 fully saturated rings. The number of rotatable bonds is 7. The predicted octanol–water partition coefficient (Wildman–Crippen LogP) is 4.61. The predicted molar refractivity (Wildman–Crippen MR) is 124 cm³/mol. The number of nitrogens with one attached hydrogen (secondary N) is 1. The van der Waals surface area contributed by atoms with Crippen molar-refractivity contribution in [2.24, 2.45) is 0 Å². The third kappa shape index (κ3) is 5.26. The van der Waals surface area contributed by atoms with Crippen LogP contribution in [-0.2, 0) is 11.3 Å². The van der Waals surface area contributed by atoms with Gasteiger partial charge in [0.05, 0.1) is 5.69 Å². The second-order valence-electron chi connectivity index (χ2n) is 8.38. The summed E-state index contributed by atoms with van der Waals surface area (Å²) in [4.78, 5) is 25.6. The van der Waals surface area contributed by atoms with Crippen LogP contribution in [0.2, 0.25) is 0 Å². The molecule has 6 heteroatoms. The van der Waals surface area contributed by atoms with E-state index in [1.54, 1.807) is 14.1 Å². The topological polar surface area (TPSA) is 71.8 Å². The van der Waals surface area contributed by atoms with Crippen LogP contribution in [0.25, 0.3) is 11.0 Å². The van der Waals surface area contributed by atoms with Gasteiger partial charge in [-0.2, -0.15) is 0 Å². The first-order valence-electron chi connectivity index (χ1n) is 10.4. The molecule has 31 heavy (non-hydrogen) atoms. The minimum atomic E-state index is -0.377. The van der Waals surface area contributed by atoms with Gasteiger partial charge < -0.3 is 19.4 Å². The van der Waals surface area contributed by atoms with Gasteiger partial charge in [-0.25, -0.2) is 4.79 Å². The Morgan fingerprint density at radius 3 is 2.55 bits per heavy atom. The number of anilines is 1. The van der Waals surface area contributed by atoms with Gasteiger partial charge in [0, 0.05) is 32.1 Å². The molecule has 0 radical (unpaired) electrons. The lowest BCUT2D eigenvalue weighted by atomic mass is 9.95. The van der Waals surface area contributed by atoms with Crippen molar-refractivity contribution in [3.63, 3.8) is 0 Å². The molecule has 1 amide bonds. The van der Waals surface area contributed by atoms with Crippen LogP contribution in [-0.4, -0.2) is 31.5 Å². The SMILES string of the molecule is Cc1ccc(NCc2cc(=O)oc3cc(C)c(C(C)C)cc23)c(OCC(=O)N(C)C)c1. The highest BCUT2D eigenvalue weighted by Crippen LogP contribution is 2.29. The van der Waals surface area contributed by atoms with E-state index in [-0.39, 0.29) is 18.1 Å². The molecule has 0 atom stereocenters. The highest BCUT2D eigenvalue weighted by Gasteiger charge is 2.13. The maximum absolute atomic E-state index is 12.1. The summed E-state index contributed by atoms with van der Waals surface area (Å²) in [6, 6.07) is 11.4. The summed E-state index contributed by atoms with van der Waals surface area (Å²) in [6.45, 7) is 8.68. The van der Waals surface area contributed by atoms with Crippen molar-refractivity contribution in [1.29, 1.82) is 0 Å². The summed E-state index contributed by atoms with van der Waals surface area (Å²) in [7, 11) is 3.39. The van der Waals surface area contributed by atoms with Crippen molar-refractivity contribution in [1.82, 2.24) is 4.90 Å². The van der Waals surface area contributed by atoms with Crippen LogP contribution in [0.4, 0.5) is 5.69 Å². The van der Waals surface area contributed by atoms with Crippen molar-refractivity contribution in [2.45, 2.75) is 40.2 Å². The van der Waals surface area contributed by atoms with Crippen LogP contribution in [0.15, 0.2) is 45.6 Å². The zero-order valence-electron chi connectivity index (χ0n) is 19.0. The van der Waals surface area contributed by atoms with E-state index in [9.17, 15) is 9.59 Å². The molecule has 0 aliphatic carbocycles. The van der Waals surface area contributed by atoms with Crippen LogP contribution in [0, 0.1) is 13.8 Å². The number of nitrogens with zero attached hydrogens (tertiary/aromatic N) is 1. The van der Waals surface area contributed by atoms with Crippen LogP contribution in [0.5, 0.6) is 5.75 Å². The number of hydrogen-bond donors (Lipinski definition) is 1. The quantitative estimate of drug-likeness (QED) is 0.563. The Bertz CT molecular complexity index is 1160. The maximum atomic E-state index is 12.1. The summed E-state index contributed by atoms with van der Waals surface area (Å²) in [5, 5.41) is 4.28. The average Bonchev–Trinajstić information content (AvgIpc) is 2.70. The minimum Gasteiger partial charge on any atom is -0.482 e. The number of carbonyl (C=O) groups is 1. The monoisotopic (exact) mass is 422 g/mol. The summed E-state index contributed by atoms with van der Waals surface area (Å²) < 4.78 is 11.2. The highest BCUT2D eigenvalue weighted by atomic mass is 16.5. The first-order chi connectivity index (χ1) is 14.7. The number of likely N-dealkylation sites (N-methyl/N-ethyl adjacent to an activating group) is 1. The standard InChI is InChI=1S/C25H30N2O4/c1-15(2)19-12-20-18(11-25(29)31-22(20)10-17(19)4)13-26-21-8-7-16(3)9-23(21)30-14-24(28)27(5)6/h7-12,15,26H,13-14H2,1-6H3. The number of aryl methyl sites for hydroxylation is 2. The van der Waals surface area contributed by atoms with Crippen LogP contribution >= 0.6 is 0 Å². The number of amides is 1. The van der Waals surface area contributed by atoms with Crippen molar-refractivity contribution < 1.29 is 13.9 Å². The zero-order valence-corrected chi connectivity index (χ0v) is 19.0. The molecule has 3 rings (SSSR count). The molecule has 0 aliphatic rings. The van der Waals surface area contributed by atoms with Crippen molar-refractivity contribution in [2.75, 3.05) is 26.0 Å². The Kier molecular flexibility index (Phi) is 6.68. The highest BCUT2D eigenvalue weighted by molar-refractivity contribution is 5.82. The second-order valence-corrected chi connectivity index (χ2v) is 8.38. The van der Waals surface area contributed by atoms with Gasteiger partial charge in [-0.05, 0) is 66.3 Å². The van der Waals surface area contributed by atoms with Crippen LogP contribution < -0.4 is 15.7 Å². The van der Waals surface area contributed by atoms with E-state index in [4.69, 9.17) is 9.15 Å². The Balaban J connectivity index is 1.91. The fourth-order valence-electron chi connectivity index (χ4n) is 3.51. The molecule has 0 unspecified atom stereocenters. The molecule has 1 aromatic heterocycles. The van der Waals surface area contributed by atoms with Crippen LogP contribution in [0.1, 0.15) is 42.0 Å². The Morgan fingerprint density at radius 1 is 1.13 bits per heavy atom. The third-order valence-corrected chi connectivity index (χ3v) is 5.30. The number of benzene rings is 2. The number of hydrogen-bond acceptors (Lipinski definition) is 5. The molecule has 1 heterocycles. The van der Waals surface area contributed by atoms with E-state index in [1.165, 1.54) is 16.5 Å². The van der Waals surface area contributed by atoms with E-state index in [0.717, 1.165) is 27.8 Å². The molecule has 3 aromatic rings. The largest absolute Gasteiger partial charge is 0.482 e. The molecule has 0 aliphatic heterocycles. The van der Waals surface area contributed by atoms with E-state index in [1.807, 2.05) is 38.1 Å². The lowest BCUT2D eigenvalue weighted by Gasteiger charge is -2.17. The van der Waals surface area contributed by atoms with Crippen LogP contribution in [0.3, 0.4) is 0 Å². The van der Waals surface area contributed by atoms with Gasteiger partial charge in [-0.1, -0.05) is 19.9 Å². The van der Waals surface area contributed by atoms with Gasteiger partial charge in [0.25, 0.3) is 5.91 Å². The molecule has 0 bridgehead atoms.